The first-order valence-corrected chi connectivity index (χ1v) is 7.24. The maximum absolute atomic E-state index is 13.3. The topological polar surface area (TPSA) is 75.0 Å². The van der Waals surface area contributed by atoms with E-state index in [9.17, 15) is 9.18 Å². The number of rotatable bonds is 2. The molecule has 1 aromatic carbocycles. The molecule has 23 heavy (non-hydrogen) atoms. The van der Waals surface area contributed by atoms with E-state index in [0.717, 1.165) is 11.4 Å². The van der Waals surface area contributed by atoms with Gasteiger partial charge in [0, 0.05) is 24.6 Å². The fourth-order valence-corrected chi connectivity index (χ4v) is 2.70. The summed E-state index contributed by atoms with van der Waals surface area (Å²) < 4.78 is 18.4. The molecule has 6 nitrogen and oxygen atoms in total. The van der Waals surface area contributed by atoms with E-state index in [1.54, 1.807) is 29.4 Å². The van der Waals surface area contributed by atoms with Crippen molar-refractivity contribution < 1.29 is 13.7 Å². The van der Waals surface area contributed by atoms with E-state index in [2.05, 4.69) is 15.1 Å². The van der Waals surface area contributed by atoms with Crippen molar-refractivity contribution in [3.8, 4) is 11.3 Å². The van der Waals surface area contributed by atoms with Crippen LogP contribution in [0, 0.1) is 5.82 Å². The molecule has 4 rings (SSSR count). The third kappa shape index (κ3) is 2.50. The number of imidazole rings is 1. The molecule has 2 aromatic heterocycles. The van der Waals surface area contributed by atoms with Crippen molar-refractivity contribution in [2.45, 2.75) is 13.0 Å². The molecule has 1 N–H and O–H groups in total. The van der Waals surface area contributed by atoms with Gasteiger partial charge in [0.25, 0.3) is 5.91 Å². The zero-order valence-electron chi connectivity index (χ0n) is 12.1. The summed E-state index contributed by atoms with van der Waals surface area (Å²) in [7, 11) is 0. The number of hydrogen-bond donors (Lipinski definition) is 1. The standard InChI is InChI=1S/C16H13FN4O2/c17-11-3-1-2-10(6-11)13-7-15(23-20-13)16(22)21-5-4-12-14(8-21)19-9-18-12/h1-3,6-7,9H,4-5,8H2,(H,18,19). The molecule has 116 valence electrons. The normalized spacial score (nSPS) is 13.9. The van der Waals surface area contributed by atoms with Gasteiger partial charge in [-0.3, -0.25) is 4.79 Å². The second kappa shape index (κ2) is 5.35. The Morgan fingerprint density at radius 3 is 3.13 bits per heavy atom. The fraction of sp³-hybridized carbons (Fsp3) is 0.188. The summed E-state index contributed by atoms with van der Waals surface area (Å²) in [6, 6.07) is 7.55. The number of hydrogen-bond acceptors (Lipinski definition) is 4. The van der Waals surface area contributed by atoms with Crippen LogP contribution in [0.1, 0.15) is 21.9 Å². The van der Waals surface area contributed by atoms with E-state index >= 15 is 0 Å². The number of carbonyl (C=O) groups excluding carboxylic acids is 1. The third-order valence-electron chi connectivity index (χ3n) is 3.90. The molecule has 1 aliphatic rings. The highest BCUT2D eigenvalue weighted by molar-refractivity contribution is 5.92. The lowest BCUT2D eigenvalue weighted by Gasteiger charge is -2.24. The smallest absolute Gasteiger partial charge is 0.292 e. The first-order chi connectivity index (χ1) is 11.2. The maximum Gasteiger partial charge on any atom is 0.292 e. The van der Waals surface area contributed by atoms with Gasteiger partial charge in [-0.15, -0.1) is 0 Å². The second-order valence-corrected chi connectivity index (χ2v) is 5.39. The van der Waals surface area contributed by atoms with Crippen LogP contribution in [0.15, 0.2) is 41.2 Å². The third-order valence-corrected chi connectivity index (χ3v) is 3.90. The molecule has 0 fully saturated rings. The minimum Gasteiger partial charge on any atom is -0.350 e. The van der Waals surface area contributed by atoms with E-state index in [4.69, 9.17) is 4.52 Å². The van der Waals surface area contributed by atoms with Crippen LogP contribution in [0.3, 0.4) is 0 Å². The molecule has 0 saturated carbocycles. The Hall–Kier alpha value is -2.96. The summed E-state index contributed by atoms with van der Waals surface area (Å²) in [5, 5.41) is 3.87. The second-order valence-electron chi connectivity index (χ2n) is 5.39. The van der Waals surface area contributed by atoms with Crippen LogP contribution < -0.4 is 0 Å². The van der Waals surface area contributed by atoms with Gasteiger partial charge in [-0.1, -0.05) is 17.3 Å². The van der Waals surface area contributed by atoms with Crippen molar-refractivity contribution >= 4 is 5.91 Å². The highest BCUT2D eigenvalue weighted by Gasteiger charge is 2.26. The predicted octanol–water partition coefficient (Wildman–Crippen LogP) is 2.40. The Bertz CT molecular complexity index is 870. The molecule has 0 unspecified atom stereocenters. The molecule has 1 amide bonds. The molecule has 0 aliphatic carbocycles. The average Bonchev–Trinajstić information content (AvgIpc) is 3.22. The van der Waals surface area contributed by atoms with Gasteiger partial charge in [-0.05, 0) is 12.1 Å². The summed E-state index contributed by atoms with van der Waals surface area (Å²) in [4.78, 5) is 21.5. The van der Waals surface area contributed by atoms with E-state index in [1.807, 2.05) is 0 Å². The SMILES string of the molecule is O=C(c1cc(-c2cccc(F)c2)no1)N1CCc2nc[nH]c2C1. The molecule has 3 heterocycles. The van der Waals surface area contributed by atoms with Gasteiger partial charge in [0.1, 0.15) is 11.5 Å². The first kappa shape index (κ1) is 13.7. The summed E-state index contributed by atoms with van der Waals surface area (Å²) in [5.74, 6) is -0.450. The highest BCUT2D eigenvalue weighted by atomic mass is 19.1. The van der Waals surface area contributed by atoms with Crippen molar-refractivity contribution in [1.82, 2.24) is 20.0 Å². The van der Waals surface area contributed by atoms with Crippen LogP contribution in [0.25, 0.3) is 11.3 Å². The predicted molar refractivity (Wildman–Crippen MR) is 78.9 cm³/mol. The number of fused-ring (bicyclic) bond motifs is 1. The van der Waals surface area contributed by atoms with Crippen molar-refractivity contribution in [3.63, 3.8) is 0 Å². The Labute approximate surface area is 130 Å². The molecule has 0 bridgehead atoms. The minimum absolute atomic E-state index is 0.146. The number of aromatic nitrogens is 3. The summed E-state index contributed by atoms with van der Waals surface area (Å²) in [5.41, 5.74) is 2.94. The number of amides is 1. The highest BCUT2D eigenvalue weighted by Crippen LogP contribution is 2.22. The van der Waals surface area contributed by atoms with E-state index in [-0.39, 0.29) is 17.5 Å². The van der Waals surface area contributed by atoms with Gasteiger partial charge in [-0.25, -0.2) is 9.37 Å². The average molecular weight is 312 g/mol. The lowest BCUT2D eigenvalue weighted by atomic mass is 10.1. The van der Waals surface area contributed by atoms with Crippen LogP contribution in [-0.2, 0) is 13.0 Å². The molecule has 0 radical (unpaired) electrons. The number of benzene rings is 1. The van der Waals surface area contributed by atoms with Crippen molar-refractivity contribution in [3.05, 3.63) is 59.6 Å². The van der Waals surface area contributed by atoms with Gasteiger partial charge in [0.15, 0.2) is 0 Å². The van der Waals surface area contributed by atoms with Crippen molar-refractivity contribution in [2.24, 2.45) is 0 Å². The summed E-state index contributed by atoms with van der Waals surface area (Å²) in [6.07, 6.45) is 2.34. The quantitative estimate of drug-likeness (QED) is 0.788. The number of halogens is 1. The number of carbonyl (C=O) groups is 1. The van der Waals surface area contributed by atoms with Crippen LogP contribution >= 0.6 is 0 Å². The lowest BCUT2D eigenvalue weighted by molar-refractivity contribution is 0.0689. The number of H-pyrrole nitrogens is 1. The molecule has 0 atom stereocenters. The van der Waals surface area contributed by atoms with Crippen molar-refractivity contribution in [1.29, 1.82) is 0 Å². The van der Waals surface area contributed by atoms with Gasteiger partial charge in [0.2, 0.25) is 5.76 Å². The van der Waals surface area contributed by atoms with Gasteiger partial charge in [0.05, 0.1) is 24.3 Å². The largest absolute Gasteiger partial charge is 0.350 e. The zero-order chi connectivity index (χ0) is 15.8. The Morgan fingerprint density at radius 2 is 2.26 bits per heavy atom. The molecule has 0 spiro atoms. The fourth-order valence-electron chi connectivity index (χ4n) is 2.70. The first-order valence-electron chi connectivity index (χ1n) is 7.24. The lowest BCUT2D eigenvalue weighted by Crippen LogP contribution is -2.35. The Balaban J connectivity index is 1.56. The van der Waals surface area contributed by atoms with E-state index < -0.39 is 0 Å². The number of nitrogens with one attached hydrogen (secondary N) is 1. The van der Waals surface area contributed by atoms with Gasteiger partial charge < -0.3 is 14.4 Å². The van der Waals surface area contributed by atoms with Crippen LogP contribution in [-0.4, -0.2) is 32.5 Å². The summed E-state index contributed by atoms with van der Waals surface area (Å²) >= 11 is 0. The van der Waals surface area contributed by atoms with Crippen LogP contribution in [0.2, 0.25) is 0 Å². The molecule has 3 aromatic rings. The molecule has 0 saturated heterocycles. The molecular weight excluding hydrogens is 299 g/mol. The maximum atomic E-state index is 13.3. The molecule has 7 heteroatoms. The molecule has 1 aliphatic heterocycles. The van der Waals surface area contributed by atoms with Gasteiger partial charge >= 0.3 is 0 Å². The zero-order valence-corrected chi connectivity index (χ0v) is 12.1. The van der Waals surface area contributed by atoms with Gasteiger partial charge in [-0.2, -0.15) is 0 Å². The monoisotopic (exact) mass is 312 g/mol. The Morgan fingerprint density at radius 1 is 1.35 bits per heavy atom. The van der Waals surface area contributed by atoms with Crippen LogP contribution in [0.5, 0.6) is 0 Å². The molecular formula is C16H13FN4O2. The Kier molecular flexibility index (Phi) is 3.18. The van der Waals surface area contributed by atoms with Crippen LogP contribution in [0.4, 0.5) is 4.39 Å². The van der Waals surface area contributed by atoms with Crippen molar-refractivity contribution in [2.75, 3.05) is 6.54 Å². The van der Waals surface area contributed by atoms with E-state index in [0.29, 0.717) is 30.8 Å². The number of nitrogens with zero attached hydrogens (tertiary/aromatic N) is 3. The summed E-state index contributed by atoms with van der Waals surface area (Å²) in [6.45, 7) is 1.04. The van der Waals surface area contributed by atoms with E-state index in [1.165, 1.54) is 12.1 Å². The minimum atomic E-state index is -0.360. The number of aromatic amines is 1.